The molecule has 144 valence electrons. The van der Waals surface area contributed by atoms with Gasteiger partial charge in [-0.3, -0.25) is 9.59 Å². The molecule has 1 atom stereocenters. The summed E-state index contributed by atoms with van der Waals surface area (Å²) in [6.07, 6.45) is 0.907. The molecule has 0 aliphatic carbocycles. The highest BCUT2D eigenvalue weighted by Gasteiger charge is 2.11. The molecular weight excluding hydrogens is 366 g/mol. The first-order chi connectivity index (χ1) is 12.9. The minimum absolute atomic E-state index is 0.0367. The zero-order chi connectivity index (χ0) is 19.8. The number of carbonyl (C=O) groups is 2. The molecule has 0 spiro atoms. The lowest BCUT2D eigenvalue weighted by atomic mass is 10.1. The van der Waals surface area contributed by atoms with E-state index < -0.39 is 0 Å². The van der Waals surface area contributed by atoms with Crippen LogP contribution in [0.4, 0.5) is 0 Å². The van der Waals surface area contributed by atoms with Gasteiger partial charge < -0.3 is 14.8 Å². The Kier molecular flexibility index (Phi) is 7.67. The predicted molar refractivity (Wildman–Crippen MR) is 106 cm³/mol. The van der Waals surface area contributed by atoms with Gasteiger partial charge in [-0.1, -0.05) is 23.7 Å². The average Bonchev–Trinajstić information content (AvgIpc) is 2.65. The quantitative estimate of drug-likeness (QED) is 0.503. The fourth-order valence-electron chi connectivity index (χ4n) is 2.59. The SMILES string of the molecule is COc1cc(C(C)=O)ccc1OCCCC(=O)NC(C)c1cccc(Cl)c1. The van der Waals surface area contributed by atoms with Crippen molar-refractivity contribution in [2.75, 3.05) is 13.7 Å². The number of ether oxygens (including phenoxy) is 2. The number of hydrogen-bond donors (Lipinski definition) is 1. The third-order valence-corrected chi connectivity index (χ3v) is 4.34. The highest BCUT2D eigenvalue weighted by Crippen LogP contribution is 2.28. The third kappa shape index (κ3) is 6.29. The summed E-state index contributed by atoms with van der Waals surface area (Å²) >= 11 is 5.98. The first-order valence-electron chi connectivity index (χ1n) is 8.77. The Bertz CT molecular complexity index is 807. The van der Waals surface area contributed by atoms with E-state index in [0.717, 1.165) is 5.56 Å². The minimum atomic E-state index is -0.115. The molecule has 5 nitrogen and oxygen atoms in total. The van der Waals surface area contributed by atoms with E-state index in [9.17, 15) is 9.59 Å². The number of Topliss-reactive ketones (excluding diaryl/α,β-unsaturated/α-hetero) is 1. The lowest BCUT2D eigenvalue weighted by Crippen LogP contribution is -2.26. The molecule has 2 aromatic rings. The summed E-state index contributed by atoms with van der Waals surface area (Å²) in [5.74, 6) is 0.965. The van der Waals surface area contributed by atoms with E-state index in [1.165, 1.54) is 14.0 Å². The number of hydrogen-bond acceptors (Lipinski definition) is 4. The zero-order valence-electron chi connectivity index (χ0n) is 15.8. The number of nitrogens with one attached hydrogen (secondary N) is 1. The second kappa shape index (κ2) is 9.97. The van der Waals surface area contributed by atoms with Crippen LogP contribution in [0.15, 0.2) is 42.5 Å². The molecule has 6 heteroatoms. The lowest BCUT2D eigenvalue weighted by Gasteiger charge is -2.15. The van der Waals surface area contributed by atoms with Crippen molar-refractivity contribution in [3.63, 3.8) is 0 Å². The molecule has 0 heterocycles. The molecule has 0 aliphatic rings. The van der Waals surface area contributed by atoms with E-state index in [-0.39, 0.29) is 17.7 Å². The van der Waals surface area contributed by atoms with Crippen LogP contribution in [0.5, 0.6) is 11.5 Å². The van der Waals surface area contributed by atoms with Gasteiger partial charge in [0.15, 0.2) is 17.3 Å². The Labute approximate surface area is 164 Å². The van der Waals surface area contributed by atoms with E-state index >= 15 is 0 Å². The molecule has 1 N–H and O–H groups in total. The summed E-state index contributed by atoms with van der Waals surface area (Å²) in [5, 5.41) is 3.59. The molecule has 27 heavy (non-hydrogen) atoms. The number of methoxy groups -OCH3 is 1. The molecule has 0 aromatic heterocycles. The van der Waals surface area contributed by atoms with E-state index in [0.29, 0.717) is 41.5 Å². The summed E-state index contributed by atoms with van der Waals surface area (Å²) < 4.78 is 10.9. The Balaban J connectivity index is 1.79. The largest absolute Gasteiger partial charge is 0.493 e. The predicted octanol–water partition coefficient (Wildman–Crippen LogP) is 4.59. The van der Waals surface area contributed by atoms with Crippen LogP contribution in [-0.4, -0.2) is 25.4 Å². The van der Waals surface area contributed by atoms with E-state index in [1.807, 2.05) is 25.1 Å². The maximum Gasteiger partial charge on any atom is 0.220 e. The molecule has 0 radical (unpaired) electrons. The van der Waals surface area contributed by atoms with Crippen LogP contribution in [0.25, 0.3) is 0 Å². The lowest BCUT2D eigenvalue weighted by molar-refractivity contribution is -0.121. The summed E-state index contributed by atoms with van der Waals surface area (Å²) in [7, 11) is 1.52. The van der Waals surface area contributed by atoms with Gasteiger partial charge in [0.25, 0.3) is 0 Å². The third-order valence-electron chi connectivity index (χ3n) is 4.10. The van der Waals surface area contributed by atoms with Crippen LogP contribution in [-0.2, 0) is 4.79 Å². The van der Waals surface area contributed by atoms with Crippen LogP contribution < -0.4 is 14.8 Å². The van der Waals surface area contributed by atoms with Gasteiger partial charge in [-0.25, -0.2) is 0 Å². The van der Waals surface area contributed by atoms with Crippen molar-refractivity contribution in [3.05, 3.63) is 58.6 Å². The summed E-state index contributed by atoms with van der Waals surface area (Å²) in [6.45, 7) is 3.79. The second-order valence-electron chi connectivity index (χ2n) is 6.22. The maximum atomic E-state index is 12.1. The van der Waals surface area contributed by atoms with Crippen LogP contribution in [0.2, 0.25) is 5.02 Å². The molecule has 0 bridgehead atoms. The van der Waals surface area contributed by atoms with Gasteiger partial charge in [0.05, 0.1) is 19.8 Å². The van der Waals surface area contributed by atoms with Gasteiger partial charge in [-0.2, -0.15) is 0 Å². The fraction of sp³-hybridized carbons (Fsp3) is 0.333. The summed E-state index contributed by atoms with van der Waals surface area (Å²) in [6, 6.07) is 12.4. The average molecular weight is 390 g/mol. The first-order valence-corrected chi connectivity index (χ1v) is 9.15. The second-order valence-corrected chi connectivity index (χ2v) is 6.65. The minimum Gasteiger partial charge on any atom is -0.493 e. The van der Waals surface area contributed by atoms with Crippen LogP contribution in [0.1, 0.15) is 48.7 Å². The van der Waals surface area contributed by atoms with Crippen molar-refractivity contribution in [3.8, 4) is 11.5 Å². The molecule has 0 saturated heterocycles. The summed E-state index contributed by atoms with van der Waals surface area (Å²) in [4.78, 5) is 23.5. The van der Waals surface area contributed by atoms with Gasteiger partial charge in [-0.05, 0) is 56.2 Å². The van der Waals surface area contributed by atoms with Gasteiger partial charge >= 0.3 is 0 Å². The van der Waals surface area contributed by atoms with Crippen LogP contribution >= 0.6 is 11.6 Å². The van der Waals surface area contributed by atoms with Crippen LogP contribution in [0.3, 0.4) is 0 Å². The highest BCUT2D eigenvalue weighted by atomic mass is 35.5. The normalized spacial score (nSPS) is 11.6. The fourth-order valence-corrected chi connectivity index (χ4v) is 2.79. The highest BCUT2D eigenvalue weighted by molar-refractivity contribution is 6.30. The monoisotopic (exact) mass is 389 g/mol. The van der Waals surface area contributed by atoms with Crippen molar-refractivity contribution in [1.82, 2.24) is 5.32 Å². The zero-order valence-corrected chi connectivity index (χ0v) is 16.5. The van der Waals surface area contributed by atoms with Crippen molar-refractivity contribution < 1.29 is 19.1 Å². The van der Waals surface area contributed by atoms with Crippen LogP contribution in [0, 0.1) is 0 Å². The van der Waals surface area contributed by atoms with Gasteiger partial charge in [0.2, 0.25) is 5.91 Å². The van der Waals surface area contributed by atoms with E-state index in [2.05, 4.69) is 5.32 Å². The van der Waals surface area contributed by atoms with Crippen molar-refractivity contribution in [1.29, 1.82) is 0 Å². The Morgan fingerprint density at radius 3 is 2.59 bits per heavy atom. The molecule has 0 saturated carbocycles. The van der Waals surface area contributed by atoms with Gasteiger partial charge in [0.1, 0.15) is 0 Å². The smallest absolute Gasteiger partial charge is 0.220 e. The molecular formula is C21H24ClNO4. The van der Waals surface area contributed by atoms with E-state index in [4.69, 9.17) is 21.1 Å². The number of ketones is 1. The number of carbonyl (C=O) groups excluding carboxylic acids is 2. The van der Waals surface area contributed by atoms with E-state index in [1.54, 1.807) is 24.3 Å². The molecule has 1 unspecified atom stereocenters. The Morgan fingerprint density at radius 2 is 1.93 bits per heavy atom. The Hall–Kier alpha value is -2.53. The molecule has 2 aromatic carbocycles. The molecule has 0 fully saturated rings. The number of amides is 1. The van der Waals surface area contributed by atoms with Gasteiger partial charge in [-0.15, -0.1) is 0 Å². The summed E-state index contributed by atoms with van der Waals surface area (Å²) in [5.41, 5.74) is 1.52. The number of halogens is 1. The first kappa shape index (κ1) is 20.8. The maximum absolute atomic E-state index is 12.1. The number of benzene rings is 2. The van der Waals surface area contributed by atoms with Crippen molar-refractivity contribution in [2.45, 2.75) is 32.7 Å². The molecule has 0 aliphatic heterocycles. The number of rotatable bonds is 9. The standard InChI is InChI=1S/C21H24ClNO4/c1-14(16-6-4-7-18(22)12-16)23-21(25)8-5-11-27-19-10-9-17(15(2)24)13-20(19)26-3/h4,6-7,9-10,12-14H,5,8,11H2,1-3H3,(H,23,25). The van der Waals surface area contributed by atoms with Gasteiger partial charge in [0, 0.05) is 17.0 Å². The molecule has 1 amide bonds. The molecule has 2 rings (SSSR count). The van der Waals surface area contributed by atoms with Crippen molar-refractivity contribution in [2.24, 2.45) is 0 Å². The Morgan fingerprint density at radius 1 is 1.15 bits per heavy atom. The van der Waals surface area contributed by atoms with Crippen molar-refractivity contribution >= 4 is 23.3 Å². The topological polar surface area (TPSA) is 64.6 Å².